The molecule has 5 nitrogen and oxygen atoms in total. The summed E-state index contributed by atoms with van der Waals surface area (Å²) in [6, 6.07) is 1.04. The Kier molecular flexibility index (Phi) is 3.20. The second-order valence-corrected chi connectivity index (χ2v) is 4.32. The lowest BCUT2D eigenvalue weighted by Gasteiger charge is -2.03. The normalized spacial score (nSPS) is 10.1. The number of nitrogens with zero attached hydrogens (tertiary/aromatic N) is 3. The minimum absolute atomic E-state index is 0.155. The minimum Gasteiger partial charge on any atom is -0.297 e. The number of anilines is 1. The fourth-order valence-electron chi connectivity index (χ4n) is 0.980. The summed E-state index contributed by atoms with van der Waals surface area (Å²) in [5.74, 6) is -1.18. The van der Waals surface area contributed by atoms with Gasteiger partial charge in [0.25, 0.3) is 5.91 Å². The van der Waals surface area contributed by atoms with Crippen molar-refractivity contribution >= 4 is 38.5 Å². The molecule has 0 aromatic carbocycles. The summed E-state index contributed by atoms with van der Waals surface area (Å²) in [5.41, 5.74) is 0.155. The summed E-state index contributed by atoms with van der Waals surface area (Å²) in [6.45, 7) is 0. The maximum atomic E-state index is 12.8. The van der Waals surface area contributed by atoms with Crippen LogP contribution in [0.15, 0.2) is 23.1 Å². The van der Waals surface area contributed by atoms with Crippen LogP contribution in [0.4, 0.5) is 9.52 Å². The molecule has 0 fully saturated rings. The van der Waals surface area contributed by atoms with E-state index in [1.807, 2.05) is 0 Å². The Labute approximate surface area is 102 Å². The number of carbonyl (C=O) groups is 1. The van der Waals surface area contributed by atoms with Crippen molar-refractivity contribution in [2.75, 3.05) is 5.32 Å². The van der Waals surface area contributed by atoms with Gasteiger partial charge in [-0.3, -0.25) is 10.1 Å². The van der Waals surface area contributed by atoms with Gasteiger partial charge in [0.05, 0.1) is 5.56 Å². The van der Waals surface area contributed by atoms with Crippen molar-refractivity contribution in [1.82, 2.24) is 14.3 Å². The Morgan fingerprint density at radius 3 is 3.00 bits per heavy atom. The van der Waals surface area contributed by atoms with E-state index in [1.165, 1.54) is 12.5 Å². The van der Waals surface area contributed by atoms with E-state index in [1.54, 1.807) is 0 Å². The molecule has 0 saturated heterocycles. The Balaban J connectivity index is 2.24. The first kappa shape index (κ1) is 11.1. The van der Waals surface area contributed by atoms with Gasteiger partial charge >= 0.3 is 0 Å². The third-order valence-electron chi connectivity index (χ3n) is 1.65. The van der Waals surface area contributed by atoms with E-state index in [0.717, 1.165) is 17.6 Å². The molecule has 0 spiro atoms. The van der Waals surface area contributed by atoms with E-state index in [4.69, 9.17) is 0 Å². The molecule has 0 aliphatic rings. The van der Waals surface area contributed by atoms with Gasteiger partial charge in [-0.15, -0.1) is 0 Å². The third kappa shape index (κ3) is 2.39. The molecule has 2 rings (SSSR count). The average molecular weight is 303 g/mol. The molecule has 0 bridgehead atoms. The van der Waals surface area contributed by atoms with Crippen molar-refractivity contribution in [2.45, 2.75) is 0 Å². The predicted octanol–water partition coefficient (Wildman–Crippen LogP) is 2.09. The van der Waals surface area contributed by atoms with Crippen LogP contribution in [-0.2, 0) is 0 Å². The van der Waals surface area contributed by atoms with Crippen molar-refractivity contribution in [2.24, 2.45) is 0 Å². The number of pyridine rings is 1. The molecule has 0 aliphatic carbocycles. The Morgan fingerprint density at radius 1 is 1.50 bits per heavy atom. The lowest BCUT2D eigenvalue weighted by molar-refractivity contribution is 0.102. The molecule has 0 atom stereocenters. The molecule has 1 N–H and O–H groups in total. The number of aromatic nitrogens is 3. The highest BCUT2D eigenvalue weighted by molar-refractivity contribution is 9.10. The topological polar surface area (TPSA) is 67.8 Å². The first-order chi connectivity index (χ1) is 7.66. The molecule has 0 aliphatic heterocycles. The van der Waals surface area contributed by atoms with Crippen LogP contribution in [-0.4, -0.2) is 20.2 Å². The average Bonchev–Trinajstić information content (AvgIpc) is 2.74. The second-order valence-electron chi connectivity index (χ2n) is 2.69. The van der Waals surface area contributed by atoms with Crippen LogP contribution in [0.1, 0.15) is 10.4 Å². The largest absolute Gasteiger partial charge is 0.297 e. The van der Waals surface area contributed by atoms with Gasteiger partial charge < -0.3 is 0 Å². The highest BCUT2D eigenvalue weighted by Gasteiger charge is 2.13. The van der Waals surface area contributed by atoms with Crippen molar-refractivity contribution in [3.8, 4) is 0 Å². The zero-order chi connectivity index (χ0) is 11.5. The van der Waals surface area contributed by atoms with Crippen LogP contribution in [0.25, 0.3) is 0 Å². The molecule has 0 unspecified atom stereocenters. The van der Waals surface area contributed by atoms with Crippen LogP contribution in [0.3, 0.4) is 0 Å². The lowest BCUT2D eigenvalue weighted by atomic mass is 10.2. The maximum Gasteiger partial charge on any atom is 0.258 e. The highest BCUT2D eigenvalue weighted by Crippen LogP contribution is 2.18. The van der Waals surface area contributed by atoms with Crippen LogP contribution in [0, 0.1) is 5.95 Å². The number of rotatable bonds is 2. The van der Waals surface area contributed by atoms with Crippen LogP contribution in [0.2, 0.25) is 0 Å². The standard InChI is InChI=1S/C8H4BrFN4OS/c9-5-2-11-6(10)1-4(5)7(15)14-8-12-3-13-16-8/h1-3H,(H,12,13,14,15). The van der Waals surface area contributed by atoms with E-state index in [-0.39, 0.29) is 5.56 Å². The van der Waals surface area contributed by atoms with Gasteiger partial charge in [-0.25, -0.2) is 9.97 Å². The van der Waals surface area contributed by atoms with Crippen molar-refractivity contribution in [3.63, 3.8) is 0 Å². The van der Waals surface area contributed by atoms with Crippen molar-refractivity contribution in [1.29, 1.82) is 0 Å². The Morgan fingerprint density at radius 2 is 2.31 bits per heavy atom. The summed E-state index contributed by atoms with van der Waals surface area (Å²) in [4.78, 5) is 18.9. The van der Waals surface area contributed by atoms with E-state index in [0.29, 0.717) is 9.60 Å². The number of carbonyl (C=O) groups excluding carboxylic acids is 1. The van der Waals surface area contributed by atoms with Gasteiger partial charge in [-0.05, 0) is 15.9 Å². The van der Waals surface area contributed by atoms with Crippen LogP contribution < -0.4 is 5.32 Å². The Bertz CT molecular complexity index is 519. The van der Waals surface area contributed by atoms with Gasteiger partial charge in [0.1, 0.15) is 6.33 Å². The van der Waals surface area contributed by atoms with E-state index >= 15 is 0 Å². The molecule has 8 heteroatoms. The molecular formula is C8H4BrFN4OS. The number of hydrogen-bond donors (Lipinski definition) is 1. The number of halogens is 2. The van der Waals surface area contributed by atoms with Gasteiger partial charge in [0, 0.05) is 28.3 Å². The van der Waals surface area contributed by atoms with Gasteiger partial charge in [0.2, 0.25) is 11.1 Å². The monoisotopic (exact) mass is 302 g/mol. The molecule has 2 aromatic heterocycles. The highest BCUT2D eigenvalue weighted by atomic mass is 79.9. The molecule has 16 heavy (non-hydrogen) atoms. The molecule has 0 saturated carbocycles. The molecule has 2 aromatic rings. The SMILES string of the molecule is O=C(Nc1ncns1)c1cc(F)ncc1Br. The van der Waals surface area contributed by atoms with Crippen LogP contribution in [0.5, 0.6) is 0 Å². The minimum atomic E-state index is -0.717. The van der Waals surface area contributed by atoms with Gasteiger partial charge in [-0.1, -0.05) is 0 Å². The van der Waals surface area contributed by atoms with Crippen LogP contribution >= 0.6 is 27.5 Å². The quantitative estimate of drug-likeness (QED) is 0.863. The fraction of sp³-hybridized carbons (Fsp3) is 0. The zero-order valence-corrected chi connectivity index (χ0v) is 10.0. The van der Waals surface area contributed by atoms with Crippen molar-refractivity contribution in [3.05, 3.63) is 34.6 Å². The molecule has 2 heterocycles. The summed E-state index contributed by atoms with van der Waals surface area (Å²) in [6.07, 6.45) is 2.55. The second kappa shape index (κ2) is 4.62. The molecule has 1 amide bonds. The van der Waals surface area contributed by atoms with Gasteiger partial charge in [0.15, 0.2) is 0 Å². The number of amides is 1. The van der Waals surface area contributed by atoms with E-state index in [2.05, 4.69) is 35.6 Å². The number of hydrogen-bond acceptors (Lipinski definition) is 5. The summed E-state index contributed by atoms with van der Waals surface area (Å²) in [7, 11) is 0. The van der Waals surface area contributed by atoms with E-state index in [9.17, 15) is 9.18 Å². The Hall–Kier alpha value is -1.41. The first-order valence-electron chi connectivity index (χ1n) is 4.06. The fourth-order valence-corrected chi connectivity index (χ4v) is 1.80. The lowest BCUT2D eigenvalue weighted by Crippen LogP contribution is -2.13. The first-order valence-corrected chi connectivity index (χ1v) is 5.62. The van der Waals surface area contributed by atoms with Gasteiger partial charge in [-0.2, -0.15) is 8.76 Å². The summed E-state index contributed by atoms with van der Waals surface area (Å²) in [5, 5.41) is 2.84. The molecular weight excluding hydrogens is 299 g/mol. The van der Waals surface area contributed by atoms with E-state index < -0.39 is 11.9 Å². The predicted molar refractivity (Wildman–Crippen MR) is 59.8 cm³/mol. The molecule has 0 radical (unpaired) electrons. The summed E-state index contributed by atoms with van der Waals surface area (Å²) >= 11 is 4.15. The third-order valence-corrected chi connectivity index (χ3v) is 2.86. The van der Waals surface area contributed by atoms with Crippen molar-refractivity contribution < 1.29 is 9.18 Å². The summed E-state index contributed by atoms with van der Waals surface area (Å²) < 4.78 is 17.0. The zero-order valence-electron chi connectivity index (χ0n) is 7.65. The smallest absolute Gasteiger partial charge is 0.258 e. The maximum absolute atomic E-state index is 12.8. The number of nitrogens with one attached hydrogen (secondary N) is 1. The molecule has 82 valence electrons.